The number of carbonyl (C=O) groups is 2. The molecule has 0 aliphatic rings. The minimum absolute atomic E-state index is 0.00275. The zero-order valence-corrected chi connectivity index (χ0v) is 18.9. The number of aryl methyl sites for hydroxylation is 1. The summed E-state index contributed by atoms with van der Waals surface area (Å²) in [5.41, 5.74) is 2.85. The number of hydrogen-bond donors (Lipinski definition) is 1. The van der Waals surface area contributed by atoms with Gasteiger partial charge >= 0.3 is 5.97 Å². The third-order valence-electron chi connectivity index (χ3n) is 5.51. The Morgan fingerprint density at radius 2 is 1.66 bits per heavy atom. The molecule has 0 saturated heterocycles. The highest BCUT2D eigenvalue weighted by Gasteiger charge is 2.16. The van der Waals surface area contributed by atoms with E-state index in [-0.39, 0.29) is 11.3 Å². The van der Waals surface area contributed by atoms with Crippen LogP contribution in [0.4, 0.5) is 0 Å². The average Bonchev–Trinajstić information content (AvgIpc) is 3.20. The van der Waals surface area contributed by atoms with Crippen LogP contribution in [0.3, 0.4) is 0 Å². The molecule has 0 fully saturated rings. The third-order valence-corrected chi connectivity index (χ3v) is 5.51. The van der Waals surface area contributed by atoms with Crippen molar-refractivity contribution in [1.82, 2.24) is 14.8 Å². The van der Waals surface area contributed by atoms with Gasteiger partial charge in [0.15, 0.2) is 0 Å². The van der Waals surface area contributed by atoms with Crippen molar-refractivity contribution >= 4 is 11.8 Å². The van der Waals surface area contributed by atoms with Gasteiger partial charge in [-0.15, -0.1) is 5.10 Å². The summed E-state index contributed by atoms with van der Waals surface area (Å²) in [5.74, 6) is 0.225. The van der Waals surface area contributed by atoms with Gasteiger partial charge in [0, 0.05) is 12.8 Å². The molecule has 0 bridgehead atoms. The number of carboxylic acid groups (broad SMARTS) is 1. The maximum atomic E-state index is 12.5. The van der Waals surface area contributed by atoms with Gasteiger partial charge in [0.2, 0.25) is 11.6 Å². The summed E-state index contributed by atoms with van der Waals surface area (Å²) in [7, 11) is 0. The first-order chi connectivity index (χ1) is 15.5. The predicted molar refractivity (Wildman–Crippen MR) is 125 cm³/mol. The third kappa shape index (κ3) is 5.90. The Kier molecular flexibility index (Phi) is 8.31. The van der Waals surface area contributed by atoms with E-state index in [0.29, 0.717) is 24.4 Å². The minimum atomic E-state index is -0.940. The second-order valence-electron chi connectivity index (χ2n) is 8.04. The van der Waals surface area contributed by atoms with Crippen LogP contribution in [0, 0.1) is 0 Å². The molecule has 1 aromatic heterocycles. The van der Waals surface area contributed by atoms with Crippen LogP contribution in [0.15, 0.2) is 48.5 Å². The van der Waals surface area contributed by atoms with E-state index in [0.717, 1.165) is 55.5 Å². The van der Waals surface area contributed by atoms with Crippen LogP contribution in [0.1, 0.15) is 84.7 Å². The molecule has 168 valence electrons. The quantitative estimate of drug-likeness (QED) is 0.288. The van der Waals surface area contributed by atoms with Gasteiger partial charge < -0.3 is 5.11 Å². The van der Waals surface area contributed by atoms with E-state index < -0.39 is 5.97 Å². The van der Waals surface area contributed by atoms with Gasteiger partial charge in [-0.05, 0) is 35.6 Å². The van der Waals surface area contributed by atoms with Gasteiger partial charge in [0.1, 0.15) is 5.82 Å². The van der Waals surface area contributed by atoms with Gasteiger partial charge in [0.05, 0.1) is 12.1 Å². The van der Waals surface area contributed by atoms with E-state index in [1.165, 1.54) is 0 Å². The predicted octanol–water partition coefficient (Wildman–Crippen LogP) is 5.80. The largest absolute Gasteiger partial charge is 0.478 e. The van der Waals surface area contributed by atoms with E-state index in [1.54, 1.807) is 12.1 Å². The zero-order valence-electron chi connectivity index (χ0n) is 18.9. The number of benzene rings is 2. The lowest BCUT2D eigenvalue weighted by Gasteiger charge is -2.09. The molecular weight excluding hydrogens is 402 g/mol. The summed E-state index contributed by atoms with van der Waals surface area (Å²) in [6.45, 7) is 4.75. The minimum Gasteiger partial charge on any atom is -0.478 e. The van der Waals surface area contributed by atoms with Crippen molar-refractivity contribution in [3.63, 3.8) is 0 Å². The van der Waals surface area contributed by atoms with Crippen molar-refractivity contribution in [3.8, 4) is 11.1 Å². The Balaban J connectivity index is 1.82. The van der Waals surface area contributed by atoms with Gasteiger partial charge in [-0.25, -0.2) is 14.5 Å². The first-order valence-electron chi connectivity index (χ1n) is 11.4. The number of unbranched alkanes of at least 4 members (excludes halogenated alkanes) is 3. The molecule has 0 aliphatic carbocycles. The van der Waals surface area contributed by atoms with Crippen LogP contribution in [-0.2, 0) is 13.0 Å². The molecule has 6 nitrogen and oxygen atoms in total. The van der Waals surface area contributed by atoms with Crippen molar-refractivity contribution in [1.29, 1.82) is 0 Å². The SMILES string of the molecule is CCCCCc1nc(C(=O)CCCC)nn1Cc1ccc(-c2ccccc2C(=O)O)cc1. The maximum absolute atomic E-state index is 12.5. The van der Waals surface area contributed by atoms with Crippen LogP contribution in [0.2, 0.25) is 0 Å². The van der Waals surface area contributed by atoms with E-state index in [1.807, 2.05) is 41.1 Å². The molecule has 32 heavy (non-hydrogen) atoms. The van der Waals surface area contributed by atoms with Gasteiger partial charge in [-0.3, -0.25) is 4.79 Å². The molecule has 2 aromatic carbocycles. The van der Waals surface area contributed by atoms with Gasteiger partial charge in [-0.1, -0.05) is 75.6 Å². The summed E-state index contributed by atoms with van der Waals surface area (Å²) in [6.07, 6.45) is 6.34. The van der Waals surface area contributed by atoms with Crippen molar-refractivity contribution in [2.24, 2.45) is 0 Å². The van der Waals surface area contributed by atoms with Crippen molar-refractivity contribution in [2.75, 3.05) is 0 Å². The second-order valence-corrected chi connectivity index (χ2v) is 8.04. The first-order valence-corrected chi connectivity index (χ1v) is 11.4. The molecule has 0 aliphatic heterocycles. The molecular formula is C26H31N3O3. The second kappa shape index (κ2) is 11.4. The molecule has 1 N–H and O–H groups in total. The van der Waals surface area contributed by atoms with Crippen LogP contribution in [-0.4, -0.2) is 31.6 Å². The van der Waals surface area contributed by atoms with Crippen LogP contribution >= 0.6 is 0 Å². The normalized spacial score (nSPS) is 10.9. The molecule has 0 unspecified atom stereocenters. The molecule has 0 atom stereocenters. The lowest BCUT2D eigenvalue weighted by Crippen LogP contribution is -2.08. The van der Waals surface area contributed by atoms with Crippen LogP contribution in [0.5, 0.6) is 0 Å². The Morgan fingerprint density at radius 3 is 2.34 bits per heavy atom. The molecule has 0 radical (unpaired) electrons. The number of ketones is 1. The highest BCUT2D eigenvalue weighted by atomic mass is 16.4. The van der Waals surface area contributed by atoms with Crippen LogP contribution < -0.4 is 0 Å². The number of carboxylic acids is 1. The van der Waals surface area contributed by atoms with Gasteiger partial charge in [-0.2, -0.15) is 0 Å². The highest BCUT2D eigenvalue weighted by molar-refractivity contribution is 5.96. The molecule has 0 amide bonds. The fourth-order valence-electron chi connectivity index (χ4n) is 3.67. The molecule has 0 spiro atoms. The van der Waals surface area contributed by atoms with Crippen LogP contribution in [0.25, 0.3) is 11.1 Å². The lowest BCUT2D eigenvalue weighted by molar-refractivity contribution is 0.0697. The highest BCUT2D eigenvalue weighted by Crippen LogP contribution is 2.24. The Hall–Kier alpha value is -3.28. The summed E-state index contributed by atoms with van der Waals surface area (Å²) in [4.78, 5) is 28.5. The van der Waals surface area contributed by atoms with Crippen molar-refractivity contribution in [2.45, 2.75) is 65.3 Å². The molecule has 3 aromatic rings. The molecule has 3 rings (SSSR count). The topological polar surface area (TPSA) is 85.1 Å². The summed E-state index contributed by atoms with van der Waals surface area (Å²) < 4.78 is 1.84. The molecule has 6 heteroatoms. The van der Waals surface area contributed by atoms with E-state index in [2.05, 4.69) is 23.9 Å². The number of rotatable bonds is 12. The molecule has 1 heterocycles. The number of aromatic carboxylic acids is 1. The smallest absolute Gasteiger partial charge is 0.336 e. The number of Topliss-reactive ketones (excluding diaryl/α,β-unsaturated/α-hetero) is 1. The zero-order chi connectivity index (χ0) is 22.9. The van der Waals surface area contributed by atoms with Gasteiger partial charge in [0.25, 0.3) is 0 Å². The van der Waals surface area contributed by atoms with Crippen molar-refractivity contribution in [3.05, 3.63) is 71.3 Å². The Labute approximate surface area is 189 Å². The number of aromatic nitrogens is 3. The fourth-order valence-corrected chi connectivity index (χ4v) is 3.67. The first kappa shape index (κ1) is 23.4. The summed E-state index contributed by atoms with van der Waals surface area (Å²) in [6, 6.07) is 14.8. The Morgan fingerprint density at radius 1 is 0.938 bits per heavy atom. The number of nitrogens with zero attached hydrogens (tertiary/aromatic N) is 3. The number of hydrogen-bond acceptors (Lipinski definition) is 4. The molecule has 0 saturated carbocycles. The Bertz CT molecular complexity index is 1050. The lowest BCUT2D eigenvalue weighted by atomic mass is 9.99. The summed E-state index contributed by atoms with van der Waals surface area (Å²) >= 11 is 0. The monoisotopic (exact) mass is 433 g/mol. The number of carbonyl (C=O) groups excluding carboxylic acids is 1. The fraction of sp³-hybridized carbons (Fsp3) is 0.385. The average molecular weight is 434 g/mol. The maximum Gasteiger partial charge on any atom is 0.336 e. The standard InChI is InChI=1S/C26H31N3O3/c1-3-5-7-13-24-27-25(23(30)12-6-4-2)28-29(24)18-19-14-16-20(17-15-19)21-10-8-9-11-22(21)26(31)32/h8-11,14-17H,3-7,12-13,18H2,1-2H3,(H,31,32). The van der Waals surface area contributed by atoms with E-state index >= 15 is 0 Å². The van der Waals surface area contributed by atoms with Crippen molar-refractivity contribution < 1.29 is 14.7 Å². The van der Waals surface area contributed by atoms with E-state index in [4.69, 9.17) is 0 Å². The van der Waals surface area contributed by atoms with E-state index in [9.17, 15) is 14.7 Å². The summed E-state index contributed by atoms with van der Waals surface area (Å²) in [5, 5.41) is 14.0.